The molecule has 0 fully saturated rings. The van der Waals surface area contributed by atoms with Gasteiger partial charge in [-0.1, -0.05) is 54.7 Å². The zero-order valence-corrected chi connectivity index (χ0v) is 9.51. The van der Waals surface area contributed by atoms with E-state index >= 15 is 0 Å². The number of halogens is 1. The first-order chi connectivity index (χ1) is 7.22. The van der Waals surface area contributed by atoms with Crippen LogP contribution in [-0.4, -0.2) is 7.85 Å². The number of rotatable bonds is 2. The molecule has 15 heavy (non-hydrogen) atoms. The van der Waals surface area contributed by atoms with E-state index in [0.29, 0.717) is 0 Å². The zero-order chi connectivity index (χ0) is 10.8. The molecule has 74 valence electrons. The molecule has 0 amide bonds. The lowest BCUT2D eigenvalue weighted by molar-refractivity contribution is 0.924. The molecule has 0 saturated heterocycles. The Morgan fingerprint density at radius 1 is 1.20 bits per heavy atom. The molecule has 0 aliphatic heterocycles. The Labute approximate surface area is 96.7 Å². The third kappa shape index (κ3) is 2.03. The summed E-state index contributed by atoms with van der Waals surface area (Å²) in [6.07, 6.45) is 2.17. The fraction of sp³-hybridized carbons (Fsp3) is 0.231. The molecule has 2 aromatic carbocycles. The van der Waals surface area contributed by atoms with Gasteiger partial charge in [-0.3, -0.25) is 0 Å². The van der Waals surface area contributed by atoms with Gasteiger partial charge in [0.05, 0.1) is 0 Å². The van der Waals surface area contributed by atoms with Crippen molar-refractivity contribution in [3.05, 3.63) is 40.9 Å². The number of hydrogen-bond acceptors (Lipinski definition) is 0. The minimum absolute atomic E-state index is 0.795. The van der Waals surface area contributed by atoms with Gasteiger partial charge in [-0.25, -0.2) is 0 Å². The largest absolute Gasteiger partial charge is 0.114 e. The average molecular weight is 215 g/mol. The van der Waals surface area contributed by atoms with Crippen LogP contribution in [0.2, 0.25) is 5.02 Å². The molecule has 0 spiro atoms. The molecule has 0 atom stereocenters. The van der Waals surface area contributed by atoms with Crippen LogP contribution in [0.1, 0.15) is 18.9 Å². The third-order valence-electron chi connectivity index (χ3n) is 2.58. The molecule has 0 N–H and O–H groups in total. The van der Waals surface area contributed by atoms with E-state index in [4.69, 9.17) is 19.4 Å². The smallest absolute Gasteiger partial charge is 0.0889 e. The van der Waals surface area contributed by atoms with Crippen molar-refractivity contribution in [3.63, 3.8) is 0 Å². The van der Waals surface area contributed by atoms with Crippen LogP contribution >= 0.6 is 11.6 Å². The highest BCUT2D eigenvalue weighted by atomic mass is 35.5. The summed E-state index contributed by atoms with van der Waals surface area (Å²) in [5.41, 5.74) is 2.06. The number of hydrogen-bond donors (Lipinski definition) is 0. The van der Waals surface area contributed by atoms with E-state index in [9.17, 15) is 0 Å². The molecule has 2 aromatic rings. The van der Waals surface area contributed by atoms with Crippen LogP contribution in [0.15, 0.2) is 30.3 Å². The maximum Gasteiger partial charge on any atom is 0.114 e. The topological polar surface area (TPSA) is 0 Å². The van der Waals surface area contributed by atoms with E-state index in [1.807, 2.05) is 24.3 Å². The number of benzene rings is 2. The van der Waals surface area contributed by atoms with Gasteiger partial charge in [-0.2, -0.15) is 0 Å². The van der Waals surface area contributed by atoms with Gasteiger partial charge in [0.15, 0.2) is 0 Å². The van der Waals surface area contributed by atoms with Crippen LogP contribution in [0.3, 0.4) is 0 Å². The van der Waals surface area contributed by atoms with Crippen molar-refractivity contribution in [1.82, 2.24) is 0 Å². The Hall–Kier alpha value is -0.945. The van der Waals surface area contributed by atoms with E-state index in [0.717, 1.165) is 34.1 Å². The minimum Gasteiger partial charge on any atom is -0.0889 e. The number of aryl methyl sites for hydroxylation is 1. The van der Waals surface area contributed by atoms with Crippen LogP contribution < -0.4 is 5.46 Å². The van der Waals surface area contributed by atoms with Crippen LogP contribution in [0.5, 0.6) is 0 Å². The van der Waals surface area contributed by atoms with E-state index in [-0.39, 0.29) is 0 Å². The van der Waals surface area contributed by atoms with Crippen LogP contribution in [0.25, 0.3) is 10.8 Å². The van der Waals surface area contributed by atoms with Crippen molar-refractivity contribution in [2.24, 2.45) is 0 Å². The van der Waals surface area contributed by atoms with Crippen LogP contribution in [0.4, 0.5) is 0 Å². The van der Waals surface area contributed by atoms with Crippen LogP contribution in [-0.2, 0) is 6.42 Å². The van der Waals surface area contributed by atoms with Crippen molar-refractivity contribution < 1.29 is 0 Å². The summed E-state index contributed by atoms with van der Waals surface area (Å²) in [7, 11) is 5.93. The molecule has 0 aliphatic rings. The minimum atomic E-state index is 0.795. The summed E-state index contributed by atoms with van der Waals surface area (Å²) in [6, 6.07) is 10.0. The summed E-state index contributed by atoms with van der Waals surface area (Å²) >= 11 is 6.21. The van der Waals surface area contributed by atoms with Crippen molar-refractivity contribution in [1.29, 1.82) is 0 Å². The highest BCUT2D eigenvalue weighted by Gasteiger charge is 2.03. The normalized spacial score (nSPS) is 10.8. The highest BCUT2D eigenvalue weighted by molar-refractivity contribution is 6.42. The zero-order valence-electron chi connectivity index (χ0n) is 8.76. The van der Waals surface area contributed by atoms with Crippen molar-refractivity contribution in [3.8, 4) is 0 Å². The molecular formula is C13H12BCl. The summed E-state index contributed by atoms with van der Waals surface area (Å²) in [6.45, 7) is 2.16. The Morgan fingerprint density at radius 2 is 2.00 bits per heavy atom. The van der Waals surface area contributed by atoms with Gasteiger partial charge in [-0.15, -0.1) is 0 Å². The molecule has 0 aromatic heterocycles. The lowest BCUT2D eigenvalue weighted by Gasteiger charge is -2.07. The standard InChI is InChI=1S/C13H12BCl/c1-2-4-9-7-11-10(13(15)8-9)5-3-6-12(11)14/h3,5-8H,2,4H2,1H3. The maximum absolute atomic E-state index is 6.21. The van der Waals surface area contributed by atoms with E-state index in [2.05, 4.69) is 13.0 Å². The van der Waals surface area contributed by atoms with Gasteiger partial charge in [0.2, 0.25) is 0 Å². The molecule has 0 saturated carbocycles. The van der Waals surface area contributed by atoms with Gasteiger partial charge < -0.3 is 0 Å². The van der Waals surface area contributed by atoms with E-state index < -0.39 is 0 Å². The summed E-state index contributed by atoms with van der Waals surface area (Å²) in [5.74, 6) is 0. The predicted molar refractivity (Wildman–Crippen MR) is 68.3 cm³/mol. The second kappa shape index (κ2) is 4.28. The second-order valence-electron chi connectivity index (χ2n) is 3.77. The Morgan fingerprint density at radius 3 is 2.73 bits per heavy atom. The molecule has 0 bridgehead atoms. The van der Waals surface area contributed by atoms with Crippen molar-refractivity contribution in [2.75, 3.05) is 0 Å². The Kier molecular flexibility index (Phi) is 3.02. The summed E-state index contributed by atoms with van der Waals surface area (Å²) in [5, 5.41) is 2.90. The predicted octanol–water partition coefficient (Wildman–Crippen LogP) is 3.24. The summed E-state index contributed by atoms with van der Waals surface area (Å²) in [4.78, 5) is 0. The van der Waals surface area contributed by atoms with E-state index in [1.165, 1.54) is 5.56 Å². The first-order valence-electron chi connectivity index (χ1n) is 5.19. The first-order valence-corrected chi connectivity index (χ1v) is 5.56. The fourth-order valence-electron chi connectivity index (χ4n) is 1.85. The summed E-state index contributed by atoms with van der Waals surface area (Å²) < 4.78 is 0. The fourth-order valence-corrected chi connectivity index (χ4v) is 2.16. The monoisotopic (exact) mass is 214 g/mol. The Balaban J connectivity index is 2.68. The molecule has 0 heterocycles. The molecule has 0 nitrogen and oxygen atoms in total. The first kappa shape index (κ1) is 10.6. The highest BCUT2D eigenvalue weighted by Crippen LogP contribution is 2.24. The van der Waals surface area contributed by atoms with E-state index in [1.54, 1.807) is 0 Å². The van der Waals surface area contributed by atoms with Gasteiger partial charge in [0.25, 0.3) is 0 Å². The molecule has 0 aliphatic carbocycles. The van der Waals surface area contributed by atoms with Gasteiger partial charge in [-0.05, 0) is 28.8 Å². The van der Waals surface area contributed by atoms with Crippen LogP contribution in [0, 0.1) is 0 Å². The Bertz CT molecular complexity index is 491. The number of fused-ring (bicyclic) bond motifs is 1. The van der Waals surface area contributed by atoms with Gasteiger partial charge >= 0.3 is 0 Å². The maximum atomic E-state index is 6.21. The van der Waals surface area contributed by atoms with Crippen molar-refractivity contribution >= 4 is 35.7 Å². The lowest BCUT2D eigenvalue weighted by atomic mass is 9.89. The molecule has 2 heteroatoms. The third-order valence-corrected chi connectivity index (χ3v) is 2.89. The van der Waals surface area contributed by atoms with Gasteiger partial charge in [0.1, 0.15) is 7.85 Å². The van der Waals surface area contributed by atoms with Gasteiger partial charge in [0, 0.05) is 5.02 Å². The molecule has 2 rings (SSSR count). The second-order valence-corrected chi connectivity index (χ2v) is 4.18. The molecule has 2 radical (unpaired) electrons. The molecule has 0 unspecified atom stereocenters. The average Bonchev–Trinajstić information content (AvgIpc) is 2.20. The SMILES string of the molecule is [B]c1cccc2c(Cl)cc(CCC)cc12. The quantitative estimate of drug-likeness (QED) is 0.673. The van der Waals surface area contributed by atoms with Crippen molar-refractivity contribution in [2.45, 2.75) is 19.8 Å². The molecular weight excluding hydrogens is 202 g/mol. The lowest BCUT2D eigenvalue weighted by Crippen LogP contribution is -2.03.